The van der Waals surface area contributed by atoms with E-state index in [9.17, 15) is 9.90 Å². The summed E-state index contributed by atoms with van der Waals surface area (Å²) in [6.07, 6.45) is 0. The van der Waals surface area contributed by atoms with Gasteiger partial charge >= 0.3 is 0 Å². The van der Waals surface area contributed by atoms with Gasteiger partial charge in [0.1, 0.15) is 10.6 Å². The van der Waals surface area contributed by atoms with Crippen LogP contribution in [0.15, 0.2) is 46.2 Å². The number of phenolic OH excluding ortho intramolecular Hbond substituents is 1. The van der Waals surface area contributed by atoms with E-state index in [4.69, 9.17) is 4.74 Å². The highest BCUT2D eigenvalue weighted by atomic mass is 32.2. The standard InChI is InChI=1S/C17H12FN5O3S2/c1-26-10-5-6-11-12(13(10)18)14(27-9-4-2-3-8(24)7-9)15(28-11)16(25)19-17-20-22-23-21-17/h2-7,24H,1H3,(H2,19,20,21,22,23,25). The Hall–Kier alpha value is -3.18. The Kier molecular flexibility index (Phi) is 4.84. The number of nitrogens with one attached hydrogen (secondary N) is 2. The van der Waals surface area contributed by atoms with E-state index in [2.05, 4.69) is 25.9 Å². The zero-order valence-electron chi connectivity index (χ0n) is 14.3. The van der Waals surface area contributed by atoms with Gasteiger partial charge in [0, 0.05) is 19.9 Å². The van der Waals surface area contributed by atoms with E-state index in [-0.39, 0.29) is 27.7 Å². The first kappa shape index (κ1) is 18.2. The Morgan fingerprint density at radius 1 is 1.36 bits per heavy atom. The molecule has 0 spiro atoms. The van der Waals surface area contributed by atoms with E-state index in [0.29, 0.717) is 14.5 Å². The van der Waals surface area contributed by atoms with Crippen LogP contribution >= 0.6 is 23.1 Å². The number of methoxy groups -OCH3 is 1. The molecule has 28 heavy (non-hydrogen) atoms. The summed E-state index contributed by atoms with van der Waals surface area (Å²) < 4.78 is 20.7. The highest BCUT2D eigenvalue weighted by Gasteiger charge is 2.24. The maximum atomic E-state index is 15.0. The number of hydrogen-bond donors (Lipinski definition) is 3. The third-order valence-electron chi connectivity index (χ3n) is 3.75. The van der Waals surface area contributed by atoms with Gasteiger partial charge in [-0.25, -0.2) is 4.39 Å². The largest absolute Gasteiger partial charge is 0.508 e. The fourth-order valence-electron chi connectivity index (χ4n) is 2.55. The van der Waals surface area contributed by atoms with Crippen molar-refractivity contribution in [1.82, 2.24) is 20.6 Å². The second-order valence-electron chi connectivity index (χ2n) is 5.50. The van der Waals surface area contributed by atoms with Crippen LogP contribution in [0.4, 0.5) is 10.3 Å². The molecule has 2 aromatic heterocycles. The lowest BCUT2D eigenvalue weighted by Gasteiger charge is -2.07. The predicted molar refractivity (Wildman–Crippen MR) is 103 cm³/mol. The number of hydrogen-bond acceptors (Lipinski definition) is 8. The summed E-state index contributed by atoms with van der Waals surface area (Å²) >= 11 is 2.30. The molecule has 0 unspecified atom stereocenters. The van der Waals surface area contributed by atoms with Crippen LogP contribution < -0.4 is 10.1 Å². The van der Waals surface area contributed by atoms with Gasteiger partial charge in [-0.2, -0.15) is 5.21 Å². The van der Waals surface area contributed by atoms with E-state index in [1.165, 1.54) is 37.1 Å². The first-order valence-corrected chi connectivity index (χ1v) is 9.51. The molecule has 2 heterocycles. The molecule has 0 aliphatic rings. The number of halogens is 1. The van der Waals surface area contributed by atoms with Crippen molar-refractivity contribution in [2.24, 2.45) is 0 Å². The smallest absolute Gasteiger partial charge is 0.270 e. The number of aromatic nitrogens is 4. The summed E-state index contributed by atoms with van der Waals surface area (Å²) in [5.74, 6) is -0.900. The van der Waals surface area contributed by atoms with E-state index >= 15 is 4.39 Å². The van der Waals surface area contributed by atoms with Crippen LogP contribution in [0.5, 0.6) is 11.5 Å². The Morgan fingerprint density at radius 3 is 2.93 bits per heavy atom. The van der Waals surface area contributed by atoms with Gasteiger partial charge in [0.15, 0.2) is 11.6 Å². The van der Waals surface area contributed by atoms with Gasteiger partial charge in [-0.3, -0.25) is 10.1 Å². The van der Waals surface area contributed by atoms with Crippen molar-refractivity contribution in [1.29, 1.82) is 0 Å². The van der Waals surface area contributed by atoms with Crippen LogP contribution in [-0.2, 0) is 0 Å². The van der Waals surface area contributed by atoms with Crippen molar-refractivity contribution in [3.05, 3.63) is 47.1 Å². The number of nitrogens with zero attached hydrogens (tertiary/aromatic N) is 3. The Balaban J connectivity index is 1.85. The molecule has 3 N–H and O–H groups in total. The van der Waals surface area contributed by atoms with Crippen LogP contribution in [0, 0.1) is 5.82 Å². The topological polar surface area (TPSA) is 113 Å². The number of fused-ring (bicyclic) bond motifs is 1. The minimum Gasteiger partial charge on any atom is -0.508 e. The lowest BCUT2D eigenvalue weighted by Crippen LogP contribution is -2.12. The quantitative estimate of drug-likeness (QED) is 0.454. The molecule has 142 valence electrons. The average molecular weight is 417 g/mol. The summed E-state index contributed by atoms with van der Waals surface area (Å²) in [6.45, 7) is 0. The molecule has 11 heteroatoms. The number of benzene rings is 2. The lowest BCUT2D eigenvalue weighted by molar-refractivity contribution is 0.102. The Bertz CT molecular complexity index is 1160. The molecule has 0 aliphatic carbocycles. The zero-order chi connectivity index (χ0) is 19.7. The number of thiophene rings is 1. The van der Waals surface area contributed by atoms with Gasteiger partial charge in [-0.05, 0) is 35.5 Å². The summed E-state index contributed by atoms with van der Waals surface area (Å²) in [4.78, 5) is 14.1. The monoisotopic (exact) mass is 417 g/mol. The molecule has 0 fully saturated rings. The Labute approximate surface area is 165 Å². The number of aromatic amines is 1. The van der Waals surface area contributed by atoms with E-state index < -0.39 is 11.7 Å². The SMILES string of the molecule is COc1ccc2sc(C(=O)Nc3nn[nH]n3)c(Sc3cccc(O)c3)c2c1F. The first-order chi connectivity index (χ1) is 13.6. The number of phenols is 1. The number of tetrazole rings is 1. The van der Waals surface area contributed by atoms with Crippen molar-refractivity contribution < 1.29 is 19.0 Å². The number of H-pyrrole nitrogens is 1. The molecule has 4 rings (SSSR count). The molecular formula is C17H12FN5O3S2. The molecule has 8 nitrogen and oxygen atoms in total. The summed E-state index contributed by atoms with van der Waals surface area (Å²) in [5, 5.41) is 25.6. The first-order valence-electron chi connectivity index (χ1n) is 7.87. The highest BCUT2D eigenvalue weighted by Crippen LogP contribution is 2.45. The summed E-state index contributed by atoms with van der Waals surface area (Å²) in [7, 11) is 1.38. The molecular weight excluding hydrogens is 405 g/mol. The number of amides is 1. The van der Waals surface area contributed by atoms with Gasteiger partial charge in [0.05, 0.1) is 7.11 Å². The fraction of sp³-hybridized carbons (Fsp3) is 0.0588. The number of carbonyl (C=O) groups is 1. The third-order valence-corrected chi connectivity index (χ3v) is 6.13. The number of ether oxygens (including phenoxy) is 1. The predicted octanol–water partition coefficient (Wildman–Crippen LogP) is 3.67. The maximum Gasteiger partial charge on any atom is 0.270 e. The van der Waals surface area contributed by atoms with Gasteiger partial charge < -0.3 is 9.84 Å². The van der Waals surface area contributed by atoms with Gasteiger partial charge in [-0.1, -0.05) is 22.9 Å². The maximum absolute atomic E-state index is 15.0. The Morgan fingerprint density at radius 2 is 2.21 bits per heavy atom. The van der Waals surface area contributed by atoms with Gasteiger partial charge in [0.25, 0.3) is 11.9 Å². The summed E-state index contributed by atoms with van der Waals surface area (Å²) in [6, 6.07) is 9.70. The minimum absolute atomic E-state index is 0.00816. The van der Waals surface area contributed by atoms with Crippen molar-refractivity contribution >= 4 is 45.0 Å². The molecule has 2 aromatic carbocycles. The molecule has 0 saturated heterocycles. The van der Waals surface area contributed by atoms with Gasteiger partial charge in [0.2, 0.25) is 0 Å². The number of anilines is 1. The summed E-state index contributed by atoms with van der Waals surface area (Å²) in [5.41, 5.74) is 0. The van der Waals surface area contributed by atoms with E-state index in [1.54, 1.807) is 18.2 Å². The third kappa shape index (κ3) is 3.37. The van der Waals surface area contributed by atoms with Crippen molar-refractivity contribution in [3.63, 3.8) is 0 Å². The molecule has 4 aromatic rings. The van der Waals surface area contributed by atoms with Crippen molar-refractivity contribution in [2.45, 2.75) is 9.79 Å². The van der Waals surface area contributed by atoms with Crippen LogP contribution in [0.3, 0.4) is 0 Å². The second kappa shape index (κ2) is 7.44. The van der Waals surface area contributed by atoms with Crippen molar-refractivity contribution in [2.75, 3.05) is 12.4 Å². The van der Waals surface area contributed by atoms with E-state index in [1.807, 2.05) is 0 Å². The zero-order valence-corrected chi connectivity index (χ0v) is 15.9. The molecule has 0 bridgehead atoms. The highest BCUT2D eigenvalue weighted by molar-refractivity contribution is 7.99. The van der Waals surface area contributed by atoms with E-state index in [0.717, 1.165) is 11.3 Å². The molecule has 0 aliphatic heterocycles. The molecule has 1 amide bonds. The van der Waals surface area contributed by atoms with Gasteiger partial charge in [-0.15, -0.1) is 16.4 Å². The minimum atomic E-state index is -0.558. The molecule has 0 saturated carbocycles. The normalized spacial score (nSPS) is 10.9. The van der Waals surface area contributed by atoms with Crippen LogP contribution in [0.1, 0.15) is 9.67 Å². The van der Waals surface area contributed by atoms with Crippen molar-refractivity contribution in [3.8, 4) is 11.5 Å². The number of rotatable bonds is 5. The number of aromatic hydroxyl groups is 1. The van der Waals surface area contributed by atoms with Crippen LogP contribution in [0.25, 0.3) is 10.1 Å². The lowest BCUT2D eigenvalue weighted by atomic mass is 10.2. The average Bonchev–Trinajstić information content (AvgIpc) is 3.30. The fourth-order valence-corrected chi connectivity index (χ4v) is 4.90. The second-order valence-corrected chi connectivity index (χ2v) is 7.64. The molecule has 0 radical (unpaired) electrons. The number of carbonyl (C=O) groups excluding carboxylic acids is 1. The molecule has 0 atom stereocenters. The van der Waals surface area contributed by atoms with Crippen LogP contribution in [-0.4, -0.2) is 38.7 Å². The van der Waals surface area contributed by atoms with Crippen LogP contribution in [0.2, 0.25) is 0 Å².